The molecule has 1 aliphatic carbocycles. The first-order valence-electron chi connectivity index (χ1n) is 2.87. The molecule has 0 unspecified atom stereocenters. The first kappa shape index (κ1) is 4.71. The van der Waals surface area contributed by atoms with Crippen molar-refractivity contribution in [2.24, 2.45) is 5.41 Å². The summed E-state index contributed by atoms with van der Waals surface area (Å²) in [5, 5.41) is 0. The number of hydrogen-bond acceptors (Lipinski definition) is 0. The zero-order valence-electron chi connectivity index (χ0n) is 4.91. The molecule has 0 saturated heterocycles. The Morgan fingerprint density at radius 2 is 1.57 bits per heavy atom. The average molecular weight is 94.2 g/mol. The van der Waals surface area contributed by atoms with E-state index in [1.54, 1.807) is 0 Å². The molecule has 0 N–H and O–H groups in total. The van der Waals surface area contributed by atoms with Gasteiger partial charge in [0.25, 0.3) is 0 Å². The fourth-order valence-corrected chi connectivity index (χ4v) is 0.692. The van der Waals surface area contributed by atoms with Crippen molar-refractivity contribution in [3.05, 3.63) is 0 Å². The smallest absolute Gasteiger partial charge is 0.0818 e. The van der Waals surface area contributed by atoms with Gasteiger partial charge in [0, 0.05) is 0 Å². The molecule has 0 radical (unpaired) electrons. The summed E-state index contributed by atoms with van der Waals surface area (Å²) in [4.78, 5) is 0. The molecular weight excluding hydrogens is 84.1 g/mol. The fraction of sp³-hybridized carbons (Fsp3) is 0.714. The molecule has 0 aromatic carbocycles. The zero-order valence-corrected chi connectivity index (χ0v) is 4.91. The fourth-order valence-electron chi connectivity index (χ4n) is 0.692. The SMILES string of the molecule is CCC1(CC)C#C1. The second kappa shape index (κ2) is 1.26. The standard InChI is InChI=1S/C7H10/c1-3-7(4-2)5-6-7/h3-4H2,1-2H3. The first-order chi connectivity index (χ1) is 3.33. The van der Waals surface area contributed by atoms with Gasteiger partial charge in [0.1, 0.15) is 0 Å². The largest absolute Gasteiger partial charge is 0.0914 e. The molecule has 0 atom stereocenters. The summed E-state index contributed by atoms with van der Waals surface area (Å²) < 4.78 is 0. The molecule has 0 nitrogen and oxygen atoms in total. The Bertz CT molecular complexity index is 109. The molecule has 0 fully saturated rings. The minimum atomic E-state index is 0.333. The molecule has 0 heteroatoms. The predicted octanol–water partition coefficient (Wildman–Crippen LogP) is 1.81. The lowest BCUT2D eigenvalue weighted by atomic mass is 9.97. The Kier molecular flexibility index (Phi) is 0.852. The van der Waals surface area contributed by atoms with E-state index in [1.165, 1.54) is 12.8 Å². The highest BCUT2D eigenvalue weighted by Crippen LogP contribution is 2.32. The van der Waals surface area contributed by atoms with E-state index in [4.69, 9.17) is 0 Å². The molecule has 0 spiro atoms. The third-order valence-electron chi connectivity index (χ3n) is 1.69. The van der Waals surface area contributed by atoms with Crippen LogP contribution in [0.25, 0.3) is 0 Å². The second-order valence-electron chi connectivity index (χ2n) is 2.04. The summed E-state index contributed by atoms with van der Waals surface area (Å²) in [6.45, 7) is 4.35. The molecule has 0 aromatic heterocycles. The highest BCUT2D eigenvalue weighted by molar-refractivity contribution is 5.39. The lowest BCUT2D eigenvalue weighted by Crippen LogP contribution is -1.98. The van der Waals surface area contributed by atoms with Gasteiger partial charge in [0.2, 0.25) is 0 Å². The molecule has 0 heterocycles. The molecule has 0 aromatic rings. The van der Waals surface area contributed by atoms with E-state index in [0.717, 1.165) is 0 Å². The number of hydrogen-bond donors (Lipinski definition) is 0. The van der Waals surface area contributed by atoms with Crippen LogP contribution in [0.15, 0.2) is 0 Å². The van der Waals surface area contributed by atoms with E-state index >= 15 is 0 Å². The monoisotopic (exact) mass is 94.1 g/mol. The average Bonchev–Trinajstić information content (AvgIpc) is 2.46. The lowest BCUT2D eigenvalue weighted by molar-refractivity contribution is 0.544. The summed E-state index contributed by atoms with van der Waals surface area (Å²) in [7, 11) is 0. The van der Waals surface area contributed by atoms with Crippen molar-refractivity contribution in [3.63, 3.8) is 0 Å². The molecule has 0 saturated carbocycles. The second-order valence-corrected chi connectivity index (χ2v) is 2.04. The van der Waals surface area contributed by atoms with Crippen LogP contribution in [0, 0.1) is 17.3 Å². The maximum absolute atomic E-state index is 3.10. The normalized spacial score (nSPS) is 20.3. The molecule has 0 aliphatic heterocycles. The van der Waals surface area contributed by atoms with Gasteiger partial charge in [0.15, 0.2) is 0 Å². The predicted molar refractivity (Wildman–Crippen MR) is 30.8 cm³/mol. The summed E-state index contributed by atoms with van der Waals surface area (Å²) >= 11 is 0. The quantitative estimate of drug-likeness (QED) is 0.458. The van der Waals surface area contributed by atoms with Gasteiger partial charge in [0.05, 0.1) is 5.41 Å². The van der Waals surface area contributed by atoms with Crippen molar-refractivity contribution < 1.29 is 0 Å². The molecule has 0 amide bonds. The van der Waals surface area contributed by atoms with E-state index in [0.29, 0.717) is 5.41 Å². The minimum absolute atomic E-state index is 0.333. The third-order valence-corrected chi connectivity index (χ3v) is 1.69. The van der Waals surface area contributed by atoms with E-state index in [2.05, 4.69) is 25.7 Å². The van der Waals surface area contributed by atoms with Crippen LogP contribution in [-0.4, -0.2) is 0 Å². The van der Waals surface area contributed by atoms with Crippen molar-refractivity contribution in [2.75, 3.05) is 0 Å². The van der Waals surface area contributed by atoms with Gasteiger partial charge in [-0.05, 0) is 12.8 Å². The van der Waals surface area contributed by atoms with Crippen LogP contribution in [0.4, 0.5) is 0 Å². The third kappa shape index (κ3) is 0.632. The van der Waals surface area contributed by atoms with Gasteiger partial charge in [-0.1, -0.05) is 25.7 Å². The van der Waals surface area contributed by atoms with Crippen LogP contribution in [0.5, 0.6) is 0 Å². The highest BCUT2D eigenvalue weighted by Gasteiger charge is 2.28. The summed E-state index contributed by atoms with van der Waals surface area (Å²) in [5.74, 6) is 6.19. The maximum atomic E-state index is 3.10. The Balaban J connectivity index is 2.32. The van der Waals surface area contributed by atoms with Gasteiger partial charge in [-0.3, -0.25) is 0 Å². The van der Waals surface area contributed by atoms with Gasteiger partial charge in [-0.2, -0.15) is 0 Å². The zero-order chi connectivity index (χ0) is 5.33. The van der Waals surface area contributed by atoms with Gasteiger partial charge >= 0.3 is 0 Å². The maximum Gasteiger partial charge on any atom is 0.0914 e. The van der Waals surface area contributed by atoms with E-state index < -0.39 is 0 Å². The van der Waals surface area contributed by atoms with Crippen molar-refractivity contribution in [2.45, 2.75) is 26.7 Å². The number of rotatable bonds is 2. The van der Waals surface area contributed by atoms with E-state index in [1.807, 2.05) is 0 Å². The molecule has 38 valence electrons. The highest BCUT2D eigenvalue weighted by atomic mass is 14.3. The van der Waals surface area contributed by atoms with Crippen molar-refractivity contribution in [1.29, 1.82) is 0 Å². The Labute approximate surface area is 44.9 Å². The first-order valence-corrected chi connectivity index (χ1v) is 2.87. The van der Waals surface area contributed by atoms with E-state index in [-0.39, 0.29) is 0 Å². The van der Waals surface area contributed by atoms with E-state index in [9.17, 15) is 0 Å². The summed E-state index contributed by atoms with van der Waals surface area (Å²) in [6, 6.07) is 0. The molecular formula is C7H10. The molecule has 7 heavy (non-hydrogen) atoms. The molecule has 1 aliphatic rings. The molecule has 1 rings (SSSR count). The summed E-state index contributed by atoms with van der Waals surface area (Å²) in [6.07, 6.45) is 2.37. The summed E-state index contributed by atoms with van der Waals surface area (Å²) in [5.41, 5.74) is 0.333. The van der Waals surface area contributed by atoms with Crippen LogP contribution in [0.1, 0.15) is 26.7 Å². The molecule has 0 bridgehead atoms. The Morgan fingerprint density at radius 1 is 1.14 bits per heavy atom. The minimum Gasteiger partial charge on any atom is -0.0818 e. The van der Waals surface area contributed by atoms with Crippen LogP contribution in [0.3, 0.4) is 0 Å². The Hall–Kier alpha value is -0.440. The van der Waals surface area contributed by atoms with Crippen molar-refractivity contribution in [1.82, 2.24) is 0 Å². The van der Waals surface area contributed by atoms with Gasteiger partial charge in [-0.15, -0.1) is 0 Å². The van der Waals surface area contributed by atoms with Gasteiger partial charge < -0.3 is 0 Å². The van der Waals surface area contributed by atoms with Crippen molar-refractivity contribution >= 4 is 0 Å². The Morgan fingerprint density at radius 3 is 1.57 bits per heavy atom. The topological polar surface area (TPSA) is 0 Å². The van der Waals surface area contributed by atoms with Crippen LogP contribution < -0.4 is 0 Å². The van der Waals surface area contributed by atoms with Crippen LogP contribution >= 0.6 is 0 Å². The van der Waals surface area contributed by atoms with Crippen LogP contribution in [0.2, 0.25) is 0 Å². The van der Waals surface area contributed by atoms with Crippen molar-refractivity contribution in [3.8, 4) is 11.8 Å². The lowest BCUT2D eigenvalue weighted by Gasteiger charge is -2.03. The van der Waals surface area contributed by atoms with Gasteiger partial charge in [-0.25, -0.2) is 0 Å². The van der Waals surface area contributed by atoms with Crippen LogP contribution in [-0.2, 0) is 0 Å².